The Kier molecular flexibility index (Phi) is 2.98. The monoisotopic (exact) mass is 279 g/mol. The number of nitrogens with zero attached hydrogens (tertiary/aromatic N) is 3. The Labute approximate surface area is 113 Å². The topological polar surface area (TPSA) is 43.9 Å². The predicted molar refractivity (Wildman–Crippen MR) is 69.6 cm³/mol. The lowest BCUT2D eigenvalue weighted by atomic mass is 10.3. The van der Waals surface area contributed by atoms with Gasteiger partial charge in [0.25, 0.3) is 0 Å². The van der Waals surface area contributed by atoms with Crippen LogP contribution in [0.3, 0.4) is 0 Å². The molecule has 0 radical (unpaired) electrons. The van der Waals surface area contributed by atoms with E-state index in [1.54, 1.807) is 6.07 Å². The molecule has 0 spiro atoms. The summed E-state index contributed by atoms with van der Waals surface area (Å²) < 4.78 is 20.7. The Bertz CT molecular complexity index is 735. The van der Waals surface area contributed by atoms with Crippen LogP contribution in [0.1, 0.15) is 17.3 Å². The molecule has 0 fully saturated rings. The molecule has 98 valence electrons. The van der Waals surface area contributed by atoms with Gasteiger partial charge < -0.3 is 9.09 Å². The Balaban J connectivity index is 2.13. The summed E-state index contributed by atoms with van der Waals surface area (Å²) in [7, 11) is 0. The van der Waals surface area contributed by atoms with Crippen molar-refractivity contribution in [3.8, 4) is 0 Å². The number of alkyl halides is 1. The molecule has 3 rings (SSSR count). The second-order valence-corrected chi connectivity index (χ2v) is 4.56. The number of para-hydroxylation sites is 1. The molecule has 0 aliphatic heterocycles. The fraction of sp³-hybridized carbons (Fsp3) is 0.231. The number of aryl methyl sites for hydroxylation is 1. The molecule has 0 amide bonds. The van der Waals surface area contributed by atoms with Crippen LogP contribution in [-0.4, -0.2) is 14.7 Å². The van der Waals surface area contributed by atoms with Crippen LogP contribution in [0, 0.1) is 12.7 Å². The third-order valence-corrected chi connectivity index (χ3v) is 3.16. The summed E-state index contributed by atoms with van der Waals surface area (Å²) in [6, 6.07) is 6.68. The van der Waals surface area contributed by atoms with Crippen LogP contribution >= 0.6 is 11.6 Å². The van der Waals surface area contributed by atoms with Crippen molar-refractivity contribution in [3.05, 3.63) is 47.4 Å². The van der Waals surface area contributed by atoms with Crippen LogP contribution in [0.5, 0.6) is 0 Å². The van der Waals surface area contributed by atoms with E-state index in [0.29, 0.717) is 29.2 Å². The summed E-state index contributed by atoms with van der Waals surface area (Å²) in [5, 5.41) is 3.83. The van der Waals surface area contributed by atoms with Crippen molar-refractivity contribution >= 4 is 22.6 Å². The SMILES string of the molecule is Cc1cc(Cn2c(CCl)nc3c(F)cccc32)on1. The van der Waals surface area contributed by atoms with Gasteiger partial charge in [0.05, 0.1) is 23.6 Å². The largest absolute Gasteiger partial charge is 0.359 e. The van der Waals surface area contributed by atoms with Crippen molar-refractivity contribution in [2.24, 2.45) is 0 Å². The molecule has 0 N–H and O–H groups in total. The summed E-state index contributed by atoms with van der Waals surface area (Å²) in [5.74, 6) is 1.15. The summed E-state index contributed by atoms with van der Waals surface area (Å²) in [6.45, 7) is 2.28. The second kappa shape index (κ2) is 4.66. The Morgan fingerprint density at radius 1 is 1.42 bits per heavy atom. The minimum Gasteiger partial charge on any atom is -0.359 e. The van der Waals surface area contributed by atoms with Gasteiger partial charge in [-0.3, -0.25) is 0 Å². The van der Waals surface area contributed by atoms with Gasteiger partial charge in [-0.15, -0.1) is 11.6 Å². The number of benzene rings is 1. The number of imidazole rings is 1. The first-order valence-corrected chi connectivity index (χ1v) is 6.34. The van der Waals surface area contributed by atoms with Crippen molar-refractivity contribution in [2.75, 3.05) is 0 Å². The number of fused-ring (bicyclic) bond motifs is 1. The standard InChI is InChI=1S/C13H11ClFN3O/c1-8-5-9(19-17-8)7-18-11-4-2-3-10(15)13(11)16-12(18)6-14/h2-5H,6-7H2,1H3. The second-order valence-electron chi connectivity index (χ2n) is 4.29. The van der Waals surface area contributed by atoms with Crippen molar-refractivity contribution in [2.45, 2.75) is 19.3 Å². The highest BCUT2D eigenvalue weighted by Crippen LogP contribution is 2.21. The minimum atomic E-state index is -0.351. The number of rotatable bonds is 3. The fourth-order valence-electron chi connectivity index (χ4n) is 2.09. The van der Waals surface area contributed by atoms with Crippen LogP contribution in [-0.2, 0) is 12.4 Å². The Morgan fingerprint density at radius 2 is 2.26 bits per heavy atom. The molecule has 6 heteroatoms. The number of aromatic nitrogens is 3. The van der Waals surface area contributed by atoms with E-state index in [1.165, 1.54) is 6.07 Å². The number of halogens is 2. The smallest absolute Gasteiger partial charge is 0.156 e. The molecule has 1 aromatic carbocycles. The van der Waals surface area contributed by atoms with E-state index >= 15 is 0 Å². The van der Waals surface area contributed by atoms with E-state index in [9.17, 15) is 4.39 Å². The zero-order valence-corrected chi connectivity index (χ0v) is 11.0. The van der Waals surface area contributed by atoms with Crippen LogP contribution < -0.4 is 0 Å². The quantitative estimate of drug-likeness (QED) is 0.691. The van der Waals surface area contributed by atoms with Gasteiger partial charge in [-0.05, 0) is 19.1 Å². The first-order chi connectivity index (χ1) is 9.19. The molecular formula is C13H11ClFN3O. The van der Waals surface area contributed by atoms with E-state index in [-0.39, 0.29) is 11.7 Å². The third-order valence-electron chi connectivity index (χ3n) is 2.92. The highest BCUT2D eigenvalue weighted by molar-refractivity contribution is 6.16. The molecular weight excluding hydrogens is 269 g/mol. The molecule has 0 aliphatic carbocycles. The van der Waals surface area contributed by atoms with Gasteiger partial charge in [0.15, 0.2) is 11.6 Å². The molecule has 4 nitrogen and oxygen atoms in total. The zero-order valence-electron chi connectivity index (χ0n) is 10.2. The lowest BCUT2D eigenvalue weighted by Gasteiger charge is -2.04. The molecule has 0 aliphatic rings. The van der Waals surface area contributed by atoms with Gasteiger partial charge in [0.1, 0.15) is 11.3 Å². The van der Waals surface area contributed by atoms with E-state index in [2.05, 4.69) is 10.1 Å². The molecule has 0 saturated carbocycles. The maximum atomic E-state index is 13.7. The van der Waals surface area contributed by atoms with Crippen molar-refractivity contribution < 1.29 is 8.91 Å². The molecule has 0 bridgehead atoms. The van der Waals surface area contributed by atoms with Gasteiger partial charge in [0, 0.05) is 6.07 Å². The molecule has 19 heavy (non-hydrogen) atoms. The van der Waals surface area contributed by atoms with Crippen LogP contribution in [0.2, 0.25) is 0 Å². The van der Waals surface area contributed by atoms with Crippen molar-refractivity contribution in [3.63, 3.8) is 0 Å². The van der Waals surface area contributed by atoms with Gasteiger partial charge in [-0.2, -0.15) is 0 Å². The van der Waals surface area contributed by atoms with E-state index < -0.39 is 0 Å². The molecule has 2 aromatic heterocycles. The highest BCUT2D eigenvalue weighted by Gasteiger charge is 2.14. The lowest BCUT2D eigenvalue weighted by molar-refractivity contribution is 0.373. The zero-order chi connectivity index (χ0) is 13.4. The van der Waals surface area contributed by atoms with E-state index in [1.807, 2.05) is 23.6 Å². The molecule has 0 saturated heterocycles. The minimum absolute atomic E-state index is 0.210. The van der Waals surface area contributed by atoms with E-state index in [0.717, 1.165) is 5.69 Å². The maximum Gasteiger partial charge on any atom is 0.156 e. The first kappa shape index (κ1) is 12.2. The van der Waals surface area contributed by atoms with Gasteiger partial charge in [-0.25, -0.2) is 9.37 Å². The van der Waals surface area contributed by atoms with Gasteiger partial charge in [0.2, 0.25) is 0 Å². The first-order valence-electron chi connectivity index (χ1n) is 5.81. The average Bonchev–Trinajstić information content (AvgIpc) is 2.96. The molecule has 0 atom stereocenters. The van der Waals surface area contributed by atoms with Crippen LogP contribution in [0.15, 0.2) is 28.8 Å². The average molecular weight is 280 g/mol. The summed E-state index contributed by atoms with van der Waals surface area (Å²) in [5.41, 5.74) is 1.83. The van der Waals surface area contributed by atoms with Gasteiger partial charge in [-0.1, -0.05) is 11.2 Å². The Hall–Kier alpha value is -1.88. The number of hydrogen-bond donors (Lipinski definition) is 0. The Morgan fingerprint density at radius 3 is 2.95 bits per heavy atom. The molecule has 0 unspecified atom stereocenters. The maximum absolute atomic E-state index is 13.7. The summed E-state index contributed by atoms with van der Waals surface area (Å²) in [4.78, 5) is 4.23. The lowest BCUT2D eigenvalue weighted by Crippen LogP contribution is -2.02. The van der Waals surface area contributed by atoms with E-state index in [4.69, 9.17) is 16.1 Å². The van der Waals surface area contributed by atoms with Crippen molar-refractivity contribution in [1.82, 2.24) is 14.7 Å². The number of hydrogen-bond acceptors (Lipinski definition) is 3. The van der Waals surface area contributed by atoms with Gasteiger partial charge >= 0.3 is 0 Å². The summed E-state index contributed by atoms with van der Waals surface area (Å²) in [6.07, 6.45) is 0. The van der Waals surface area contributed by atoms with Crippen molar-refractivity contribution in [1.29, 1.82) is 0 Å². The van der Waals surface area contributed by atoms with Crippen LogP contribution in [0.4, 0.5) is 4.39 Å². The highest BCUT2D eigenvalue weighted by atomic mass is 35.5. The predicted octanol–water partition coefficient (Wildman–Crippen LogP) is 3.26. The summed E-state index contributed by atoms with van der Waals surface area (Å²) >= 11 is 5.88. The fourth-order valence-corrected chi connectivity index (χ4v) is 2.29. The molecule has 3 aromatic rings. The molecule has 2 heterocycles. The third kappa shape index (κ3) is 2.10. The van der Waals surface area contributed by atoms with Crippen LogP contribution in [0.25, 0.3) is 11.0 Å². The normalized spacial score (nSPS) is 11.3.